The molecular formula is C17H28N2O5. The highest BCUT2D eigenvalue weighted by atomic mass is 16.5. The maximum Gasteiger partial charge on any atom is 0.326 e. The zero-order chi connectivity index (χ0) is 17.5. The van der Waals surface area contributed by atoms with Crippen molar-refractivity contribution in [3.8, 4) is 0 Å². The lowest BCUT2D eigenvalue weighted by Gasteiger charge is -2.34. The molecule has 0 aromatic rings. The second kappa shape index (κ2) is 9.01. The summed E-state index contributed by atoms with van der Waals surface area (Å²) < 4.78 is 5.35. The number of hydrogen-bond donors (Lipinski definition) is 2. The second-order valence-corrected chi connectivity index (χ2v) is 6.73. The zero-order valence-electron chi connectivity index (χ0n) is 14.3. The molecule has 136 valence electrons. The molecule has 7 heteroatoms. The molecule has 0 aliphatic carbocycles. The maximum absolute atomic E-state index is 12.5. The number of ether oxygens (including phenoxy) is 1. The van der Waals surface area contributed by atoms with Crippen molar-refractivity contribution in [3.63, 3.8) is 0 Å². The van der Waals surface area contributed by atoms with Gasteiger partial charge in [0.15, 0.2) is 0 Å². The number of aliphatic carboxylic acids is 1. The number of likely N-dealkylation sites (tertiary alicyclic amines) is 1. The highest BCUT2D eigenvalue weighted by Gasteiger charge is 2.35. The highest BCUT2D eigenvalue weighted by molar-refractivity contribution is 5.86. The number of amides is 2. The van der Waals surface area contributed by atoms with Crippen LogP contribution in [0.25, 0.3) is 0 Å². The van der Waals surface area contributed by atoms with Crippen LogP contribution in [0.3, 0.4) is 0 Å². The van der Waals surface area contributed by atoms with Crippen LogP contribution in [0, 0.1) is 11.8 Å². The molecule has 2 rings (SSSR count). The number of hydrogen-bond acceptors (Lipinski definition) is 4. The van der Waals surface area contributed by atoms with Crippen LogP contribution in [-0.2, 0) is 19.1 Å². The Morgan fingerprint density at radius 2 is 2.08 bits per heavy atom. The quantitative estimate of drug-likeness (QED) is 0.753. The Balaban J connectivity index is 1.93. The number of nitrogens with one attached hydrogen (secondary N) is 1. The number of carbonyl (C=O) groups is 3. The number of piperidine rings is 1. The lowest BCUT2D eigenvalue weighted by molar-refractivity contribution is -0.146. The van der Waals surface area contributed by atoms with E-state index in [0.29, 0.717) is 39.1 Å². The van der Waals surface area contributed by atoms with Crippen molar-refractivity contribution >= 4 is 17.8 Å². The molecular weight excluding hydrogens is 312 g/mol. The first-order chi connectivity index (χ1) is 11.5. The van der Waals surface area contributed by atoms with E-state index < -0.39 is 12.0 Å². The summed E-state index contributed by atoms with van der Waals surface area (Å²) in [5, 5.41) is 12.1. The minimum absolute atomic E-state index is 0.0745. The van der Waals surface area contributed by atoms with E-state index in [1.165, 1.54) is 0 Å². The smallest absolute Gasteiger partial charge is 0.326 e. The molecule has 2 amide bonds. The number of rotatable bonds is 6. The van der Waals surface area contributed by atoms with Crippen molar-refractivity contribution in [2.75, 3.05) is 26.3 Å². The number of carboxylic acid groups (broad SMARTS) is 1. The van der Waals surface area contributed by atoms with Gasteiger partial charge in [-0.15, -0.1) is 0 Å². The van der Waals surface area contributed by atoms with Gasteiger partial charge in [-0.25, -0.2) is 4.79 Å². The fourth-order valence-electron chi connectivity index (χ4n) is 3.47. The van der Waals surface area contributed by atoms with E-state index >= 15 is 0 Å². The van der Waals surface area contributed by atoms with E-state index in [0.717, 1.165) is 25.7 Å². The highest BCUT2D eigenvalue weighted by Crippen LogP contribution is 2.21. The van der Waals surface area contributed by atoms with Gasteiger partial charge in [-0.3, -0.25) is 9.59 Å². The lowest BCUT2D eigenvalue weighted by atomic mass is 9.91. The summed E-state index contributed by atoms with van der Waals surface area (Å²) >= 11 is 0. The molecule has 0 saturated carbocycles. The molecule has 7 nitrogen and oxygen atoms in total. The Kier molecular flexibility index (Phi) is 7.02. The predicted octanol–water partition coefficient (Wildman–Crippen LogP) is 1.02. The molecule has 2 fully saturated rings. The van der Waals surface area contributed by atoms with Gasteiger partial charge >= 0.3 is 5.97 Å². The van der Waals surface area contributed by atoms with Crippen LogP contribution in [0.4, 0.5) is 0 Å². The first-order valence-corrected chi connectivity index (χ1v) is 8.91. The van der Waals surface area contributed by atoms with E-state index in [9.17, 15) is 19.5 Å². The van der Waals surface area contributed by atoms with Crippen LogP contribution in [0.5, 0.6) is 0 Å². The van der Waals surface area contributed by atoms with E-state index in [2.05, 4.69) is 5.32 Å². The van der Waals surface area contributed by atoms with E-state index in [4.69, 9.17) is 4.74 Å². The topological polar surface area (TPSA) is 95.9 Å². The molecule has 0 aromatic heterocycles. The molecule has 0 bridgehead atoms. The molecule has 2 heterocycles. The van der Waals surface area contributed by atoms with Gasteiger partial charge < -0.3 is 20.1 Å². The van der Waals surface area contributed by atoms with Gasteiger partial charge in [-0.05, 0) is 32.1 Å². The SMILES string of the molecule is CCCC(=O)N1CCC[C@H](C(=O)N[C@H](C(=O)O)[C@H]2CCCOC2)C1. The average molecular weight is 340 g/mol. The van der Waals surface area contributed by atoms with Gasteiger partial charge in [-0.1, -0.05) is 6.92 Å². The third-order valence-electron chi connectivity index (χ3n) is 4.84. The van der Waals surface area contributed by atoms with Crippen LogP contribution in [0.1, 0.15) is 45.4 Å². The molecule has 2 saturated heterocycles. The second-order valence-electron chi connectivity index (χ2n) is 6.73. The molecule has 2 aliphatic heterocycles. The van der Waals surface area contributed by atoms with Crippen LogP contribution in [-0.4, -0.2) is 60.1 Å². The van der Waals surface area contributed by atoms with Crippen LogP contribution in [0.15, 0.2) is 0 Å². The standard InChI is InChI=1S/C17H28N2O5/c1-2-5-14(20)19-8-3-6-12(10-19)16(21)18-15(17(22)23)13-7-4-9-24-11-13/h12-13,15H,2-11H2,1H3,(H,18,21)(H,22,23)/t12-,13-,15-/m0/s1. The van der Waals surface area contributed by atoms with Crippen LogP contribution < -0.4 is 5.32 Å². The average Bonchev–Trinajstić information content (AvgIpc) is 2.60. The zero-order valence-corrected chi connectivity index (χ0v) is 14.3. The summed E-state index contributed by atoms with van der Waals surface area (Å²) in [5.74, 6) is -1.73. The third-order valence-corrected chi connectivity index (χ3v) is 4.84. The third kappa shape index (κ3) is 4.93. The van der Waals surface area contributed by atoms with Gasteiger partial charge in [0.25, 0.3) is 0 Å². The number of carbonyl (C=O) groups excluding carboxylic acids is 2. The Labute approximate surface area is 142 Å². The fraction of sp³-hybridized carbons (Fsp3) is 0.824. The van der Waals surface area contributed by atoms with Gasteiger partial charge in [-0.2, -0.15) is 0 Å². The molecule has 3 atom stereocenters. The number of nitrogens with zero attached hydrogens (tertiary/aromatic N) is 1. The Morgan fingerprint density at radius 3 is 2.71 bits per heavy atom. The van der Waals surface area contributed by atoms with Gasteiger partial charge in [0.05, 0.1) is 12.5 Å². The molecule has 24 heavy (non-hydrogen) atoms. The fourth-order valence-corrected chi connectivity index (χ4v) is 3.47. The summed E-state index contributed by atoms with van der Waals surface area (Å²) in [4.78, 5) is 37.8. The van der Waals surface area contributed by atoms with Crippen molar-refractivity contribution in [2.45, 2.75) is 51.5 Å². The van der Waals surface area contributed by atoms with Gasteiger partial charge in [0, 0.05) is 32.0 Å². The minimum Gasteiger partial charge on any atom is -0.480 e. The Hall–Kier alpha value is -1.63. The van der Waals surface area contributed by atoms with Gasteiger partial charge in [0.1, 0.15) is 6.04 Å². The largest absolute Gasteiger partial charge is 0.480 e. The van der Waals surface area contributed by atoms with Crippen molar-refractivity contribution in [2.24, 2.45) is 11.8 Å². The Morgan fingerprint density at radius 1 is 1.29 bits per heavy atom. The summed E-state index contributed by atoms with van der Waals surface area (Å²) in [6, 6.07) is -0.917. The molecule has 0 unspecified atom stereocenters. The number of carboxylic acids is 1. The molecule has 2 N–H and O–H groups in total. The predicted molar refractivity (Wildman–Crippen MR) is 87.3 cm³/mol. The maximum atomic E-state index is 12.5. The summed E-state index contributed by atoms with van der Waals surface area (Å²) in [6.45, 7) is 4.03. The van der Waals surface area contributed by atoms with Crippen molar-refractivity contribution in [1.29, 1.82) is 0 Å². The van der Waals surface area contributed by atoms with Crippen molar-refractivity contribution < 1.29 is 24.2 Å². The monoisotopic (exact) mass is 340 g/mol. The summed E-state index contributed by atoms with van der Waals surface area (Å²) in [7, 11) is 0. The van der Waals surface area contributed by atoms with Crippen molar-refractivity contribution in [1.82, 2.24) is 10.2 Å². The first kappa shape index (κ1) is 18.7. The van der Waals surface area contributed by atoms with Crippen molar-refractivity contribution in [3.05, 3.63) is 0 Å². The van der Waals surface area contributed by atoms with E-state index in [1.807, 2.05) is 6.92 Å². The normalized spacial score (nSPS) is 25.8. The molecule has 0 spiro atoms. The molecule has 0 aromatic carbocycles. The summed E-state index contributed by atoms with van der Waals surface area (Å²) in [5.41, 5.74) is 0. The minimum atomic E-state index is -1.02. The first-order valence-electron chi connectivity index (χ1n) is 8.91. The lowest BCUT2D eigenvalue weighted by Crippen LogP contribution is -2.52. The van der Waals surface area contributed by atoms with Crippen LogP contribution >= 0.6 is 0 Å². The summed E-state index contributed by atoms with van der Waals surface area (Å²) in [6.07, 6.45) is 4.30. The Bertz CT molecular complexity index is 462. The van der Waals surface area contributed by atoms with E-state index in [1.54, 1.807) is 4.90 Å². The van der Waals surface area contributed by atoms with E-state index in [-0.39, 0.29) is 23.7 Å². The van der Waals surface area contributed by atoms with Crippen LogP contribution in [0.2, 0.25) is 0 Å². The molecule has 2 aliphatic rings. The molecule has 0 radical (unpaired) electrons. The van der Waals surface area contributed by atoms with Gasteiger partial charge in [0.2, 0.25) is 11.8 Å².